The Kier molecular flexibility index (Phi) is 8.26. The Bertz CT molecular complexity index is 1550. The maximum Gasteiger partial charge on any atom is 0.312 e. The van der Waals surface area contributed by atoms with Crippen molar-refractivity contribution >= 4 is 34.8 Å². The van der Waals surface area contributed by atoms with Gasteiger partial charge in [0, 0.05) is 34.5 Å². The molecule has 41 heavy (non-hydrogen) atoms. The zero-order valence-corrected chi connectivity index (χ0v) is 23.0. The first-order valence-electron chi connectivity index (χ1n) is 13.2. The summed E-state index contributed by atoms with van der Waals surface area (Å²) in [5.74, 6) is -2.66. The molecule has 208 valence electrons. The Balaban J connectivity index is 1.35. The number of nitrogens with one attached hydrogen (secondary N) is 2. The van der Waals surface area contributed by atoms with E-state index in [-0.39, 0.29) is 17.7 Å². The first-order chi connectivity index (χ1) is 19.8. The third-order valence-electron chi connectivity index (χ3n) is 7.24. The lowest BCUT2D eigenvalue weighted by atomic mass is 9.80. The van der Waals surface area contributed by atoms with E-state index in [4.69, 9.17) is 21.3 Å². The highest BCUT2D eigenvalue weighted by Crippen LogP contribution is 2.39. The van der Waals surface area contributed by atoms with Crippen molar-refractivity contribution in [1.29, 1.82) is 10.8 Å². The molecule has 9 heteroatoms. The van der Waals surface area contributed by atoms with E-state index in [0.29, 0.717) is 46.2 Å². The summed E-state index contributed by atoms with van der Waals surface area (Å²) in [6, 6.07) is 26.5. The molecule has 1 aliphatic heterocycles. The largest absolute Gasteiger partial charge is 0.489 e. The van der Waals surface area contributed by atoms with Crippen LogP contribution in [0.1, 0.15) is 50.2 Å². The van der Waals surface area contributed by atoms with E-state index in [9.17, 15) is 14.7 Å². The summed E-state index contributed by atoms with van der Waals surface area (Å²) >= 11 is 1.33. The summed E-state index contributed by atoms with van der Waals surface area (Å²) in [5.41, 5.74) is 7.68. The number of aliphatic carboxylic acids is 1. The van der Waals surface area contributed by atoms with E-state index < -0.39 is 17.8 Å². The molecule has 0 saturated carbocycles. The standard InChI is InChI=1S/C32H30N4O4S/c33-30(34)23-9-4-8-22(18-23)29(37)28(26-10-5-17-41-26)27(32(38)39)20-11-13-24(14-12-20)40-25-15-16-36(19-25)31(35)21-6-2-1-3-7-21/h1-14,17-18,25,27-28,35H,15-16,19H2,(H3,33,34)(H,38,39)/t25-,27?,28?/m0/s1. The third-order valence-corrected chi connectivity index (χ3v) is 8.20. The number of Topliss-reactive ketones (excluding diaryl/α,β-unsaturated/α-hetero) is 1. The minimum absolute atomic E-state index is 0.103. The molecule has 2 heterocycles. The van der Waals surface area contributed by atoms with Crippen LogP contribution in [0.5, 0.6) is 5.75 Å². The SMILES string of the molecule is N=C(N)c1cccc(C(=O)C(c2cccs2)C(C(=O)O)c2ccc(O[C@H]3CCN(C(=N)c4ccccc4)C3)cc2)c1. The molecule has 0 amide bonds. The van der Waals surface area contributed by atoms with E-state index >= 15 is 0 Å². The summed E-state index contributed by atoms with van der Waals surface area (Å²) in [7, 11) is 0. The fourth-order valence-corrected chi connectivity index (χ4v) is 6.02. The number of thiophene rings is 1. The molecule has 1 aromatic heterocycles. The number of carbonyl (C=O) groups is 2. The Morgan fingerprint density at radius 2 is 1.61 bits per heavy atom. The van der Waals surface area contributed by atoms with Gasteiger partial charge in [0.1, 0.15) is 23.5 Å². The minimum Gasteiger partial charge on any atom is -0.489 e. The molecule has 0 bridgehead atoms. The van der Waals surface area contributed by atoms with Crippen molar-refractivity contribution in [2.75, 3.05) is 13.1 Å². The summed E-state index contributed by atoms with van der Waals surface area (Å²) in [4.78, 5) is 29.1. The van der Waals surface area contributed by atoms with Crippen molar-refractivity contribution < 1.29 is 19.4 Å². The normalized spacial score (nSPS) is 16.1. The number of ketones is 1. The number of hydrogen-bond donors (Lipinski definition) is 4. The van der Waals surface area contributed by atoms with E-state index in [0.717, 1.165) is 12.0 Å². The number of carboxylic acids is 1. The number of likely N-dealkylation sites (tertiary alicyclic amines) is 1. The van der Waals surface area contributed by atoms with Crippen molar-refractivity contribution in [1.82, 2.24) is 4.90 Å². The monoisotopic (exact) mass is 566 g/mol. The van der Waals surface area contributed by atoms with Gasteiger partial charge in [0.25, 0.3) is 0 Å². The lowest BCUT2D eigenvalue weighted by molar-refractivity contribution is -0.139. The number of carboxylic acid groups (broad SMARTS) is 1. The number of rotatable bonds is 10. The Morgan fingerprint density at radius 3 is 2.27 bits per heavy atom. The lowest BCUT2D eigenvalue weighted by Gasteiger charge is -2.23. The van der Waals surface area contributed by atoms with Crippen LogP contribution in [-0.2, 0) is 4.79 Å². The van der Waals surface area contributed by atoms with Gasteiger partial charge in [-0.2, -0.15) is 0 Å². The van der Waals surface area contributed by atoms with Crippen molar-refractivity contribution in [2.24, 2.45) is 5.73 Å². The molecule has 4 aromatic rings. The van der Waals surface area contributed by atoms with Crippen LogP contribution in [0.25, 0.3) is 0 Å². The van der Waals surface area contributed by atoms with Crippen molar-refractivity contribution in [2.45, 2.75) is 24.4 Å². The number of amidine groups is 2. The average Bonchev–Trinajstić information content (AvgIpc) is 3.69. The number of nitrogens with two attached hydrogens (primary N) is 1. The summed E-state index contributed by atoms with van der Waals surface area (Å²) in [5, 5.41) is 28.4. The number of ether oxygens (including phenoxy) is 1. The molecular weight excluding hydrogens is 536 g/mol. The second kappa shape index (κ2) is 12.2. The molecule has 8 nitrogen and oxygen atoms in total. The van der Waals surface area contributed by atoms with Crippen LogP contribution in [0.4, 0.5) is 0 Å². The molecule has 1 fully saturated rings. The molecule has 0 spiro atoms. The summed E-state index contributed by atoms with van der Waals surface area (Å²) in [6.45, 7) is 1.30. The van der Waals surface area contributed by atoms with Crippen molar-refractivity contribution in [3.63, 3.8) is 0 Å². The smallest absolute Gasteiger partial charge is 0.312 e. The van der Waals surface area contributed by atoms with E-state index in [1.54, 1.807) is 54.6 Å². The second-order valence-corrected chi connectivity index (χ2v) is 10.9. The first kappa shape index (κ1) is 27.8. The fraction of sp³-hybridized carbons (Fsp3) is 0.188. The minimum atomic E-state index is -1.13. The van der Waals surface area contributed by atoms with Gasteiger partial charge in [0.2, 0.25) is 0 Å². The fourth-order valence-electron chi connectivity index (χ4n) is 5.16. The van der Waals surface area contributed by atoms with Crippen LogP contribution in [0.3, 0.4) is 0 Å². The van der Waals surface area contributed by atoms with Gasteiger partial charge >= 0.3 is 5.97 Å². The van der Waals surface area contributed by atoms with Gasteiger partial charge in [-0.15, -0.1) is 11.3 Å². The zero-order chi connectivity index (χ0) is 28.9. The molecule has 5 rings (SSSR count). The molecular formula is C32H30N4O4S. The van der Waals surface area contributed by atoms with Gasteiger partial charge < -0.3 is 20.5 Å². The predicted molar refractivity (Wildman–Crippen MR) is 160 cm³/mol. The molecule has 3 atom stereocenters. The van der Waals surface area contributed by atoms with Gasteiger partial charge in [0.15, 0.2) is 5.78 Å². The van der Waals surface area contributed by atoms with Crippen LogP contribution in [-0.4, -0.2) is 52.6 Å². The van der Waals surface area contributed by atoms with Crippen LogP contribution in [0.15, 0.2) is 96.4 Å². The molecule has 0 aliphatic carbocycles. The summed E-state index contributed by atoms with van der Waals surface area (Å²) < 4.78 is 6.19. The van der Waals surface area contributed by atoms with Crippen LogP contribution >= 0.6 is 11.3 Å². The van der Waals surface area contributed by atoms with Crippen LogP contribution < -0.4 is 10.5 Å². The number of nitrogen functional groups attached to an aromatic ring is 1. The van der Waals surface area contributed by atoms with E-state index in [2.05, 4.69) is 0 Å². The van der Waals surface area contributed by atoms with E-state index in [1.165, 1.54) is 17.4 Å². The predicted octanol–water partition coefficient (Wildman–Crippen LogP) is 5.35. The van der Waals surface area contributed by atoms with Gasteiger partial charge in [-0.1, -0.05) is 66.7 Å². The number of hydrogen-bond acceptors (Lipinski definition) is 6. The molecule has 0 radical (unpaired) electrons. The molecule has 1 saturated heterocycles. The van der Waals surface area contributed by atoms with Gasteiger partial charge in [-0.25, -0.2) is 0 Å². The number of benzene rings is 3. The third kappa shape index (κ3) is 6.20. The topological polar surface area (TPSA) is 141 Å². The van der Waals surface area contributed by atoms with Gasteiger partial charge in [-0.3, -0.25) is 20.4 Å². The average molecular weight is 567 g/mol. The Hall–Kier alpha value is -4.76. The lowest BCUT2D eigenvalue weighted by Crippen LogP contribution is -2.30. The quantitative estimate of drug-likeness (QED) is 0.116. The van der Waals surface area contributed by atoms with Crippen molar-refractivity contribution in [3.8, 4) is 5.75 Å². The van der Waals surface area contributed by atoms with Gasteiger partial charge in [0.05, 0.1) is 18.4 Å². The maximum absolute atomic E-state index is 13.8. The van der Waals surface area contributed by atoms with Gasteiger partial charge in [-0.05, 0) is 35.2 Å². The zero-order valence-electron chi connectivity index (χ0n) is 22.2. The maximum atomic E-state index is 13.8. The molecule has 5 N–H and O–H groups in total. The molecule has 1 aliphatic rings. The second-order valence-electron chi connectivity index (χ2n) is 9.93. The van der Waals surface area contributed by atoms with Crippen molar-refractivity contribution in [3.05, 3.63) is 124 Å². The Labute approximate surface area is 242 Å². The molecule has 3 aromatic carbocycles. The van der Waals surface area contributed by atoms with E-state index in [1.807, 2.05) is 40.6 Å². The van der Waals surface area contributed by atoms with Crippen LogP contribution in [0.2, 0.25) is 0 Å². The molecule has 2 unspecified atom stereocenters. The summed E-state index contributed by atoms with van der Waals surface area (Å²) in [6.07, 6.45) is 0.664. The highest BCUT2D eigenvalue weighted by atomic mass is 32.1. The highest BCUT2D eigenvalue weighted by Gasteiger charge is 2.38. The number of carbonyl (C=O) groups excluding carboxylic acids is 1. The number of nitrogens with zero attached hydrogens (tertiary/aromatic N) is 1. The highest BCUT2D eigenvalue weighted by molar-refractivity contribution is 7.10. The van der Waals surface area contributed by atoms with Crippen LogP contribution in [0, 0.1) is 10.8 Å². The first-order valence-corrected chi connectivity index (χ1v) is 14.1. The Morgan fingerprint density at radius 1 is 0.902 bits per heavy atom.